The number of hydrogen-bond acceptors (Lipinski definition) is 2. The third-order valence-electron chi connectivity index (χ3n) is 2.96. The fourth-order valence-corrected chi connectivity index (χ4v) is 2.15. The first kappa shape index (κ1) is 11.9. The molecule has 0 amide bonds. The van der Waals surface area contributed by atoms with E-state index in [1.54, 1.807) is 24.3 Å². The van der Waals surface area contributed by atoms with Gasteiger partial charge in [-0.2, -0.15) is 0 Å². The Kier molecular flexibility index (Phi) is 3.05. The van der Waals surface area contributed by atoms with Crippen LogP contribution in [0.5, 0.6) is 11.5 Å². The number of ether oxygens (including phenoxy) is 1. The zero-order chi connectivity index (χ0) is 13.2. The van der Waals surface area contributed by atoms with Gasteiger partial charge in [0.05, 0.1) is 0 Å². The van der Waals surface area contributed by atoms with Gasteiger partial charge in [-0.05, 0) is 36.4 Å². The monoisotopic (exact) mass is 273 g/mol. The largest absolute Gasteiger partial charge is 0.508 e. The summed E-state index contributed by atoms with van der Waals surface area (Å²) >= 11 is 5.94. The van der Waals surface area contributed by atoms with Crippen molar-refractivity contribution in [3.8, 4) is 11.5 Å². The predicted octanol–water partition coefficient (Wildman–Crippen LogP) is 4.11. The highest BCUT2D eigenvalue weighted by molar-refractivity contribution is 6.31. The third kappa shape index (κ3) is 2.51. The summed E-state index contributed by atoms with van der Waals surface area (Å²) in [6, 6.07) is 12.4. The summed E-state index contributed by atoms with van der Waals surface area (Å²) in [5.74, 6) is 0.954. The maximum Gasteiger partial charge on any atom is 0.120 e. The molecule has 3 nitrogen and oxygen atoms in total. The Hall–Kier alpha value is -2.13. The average molecular weight is 274 g/mol. The van der Waals surface area contributed by atoms with Crippen LogP contribution in [-0.4, -0.2) is 10.1 Å². The van der Waals surface area contributed by atoms with Crippen LogP contribution in [0.2, 0.25) is 5.02 Å². The molecule has 0 saturated heterocycles. The molecule has 0 spiro atoms. The van der Waals surface area contributed by atoms with Crippen molar-refractivity contribution in [1.82, 2.24) is 4.98 Å². The van der Waals surface area contributed by atoms with Gasteiger partial charge in [-0.25, -0.2) is 0 Å². The first-order valence-electron chi connectivity index (χ1n) is 5.90. The van der Waals surface area contributed by atoms with E-state index in [1.165, 1.54) is 0 Å². The third-order valence-corrected chi connectivity index (χ3v) is 3.20. The zero-order valence-electron chi connectivity index (χ0n) is 10.1. The SMILES string of the molecule is Oc1ccc(OCc2c[nH]c3cc(Cl)ccc23)cc1. The minimum atomic E-state index is 0.231. The number of nitrogens with one attached hydrogen (secondary N) is 1. The number of H-pyrrole nitrogens is 1. The van der Waals surface area contributed by atoms with Crippen molar-refractivity contribution in [1.29, 1.82) is 0 Å². The van der Waals surface area contributed by atoms with Crippen LogP contribution in [0.25, 0.3) is 10.9 Å². The van der Waals surface area contributed by atoms with Crippen LogP contribution in [-0.2, 0) is 6.61 Å². The molecule has 0 atom stereocenters. The van der Waals surface area contributed by atoms with E-state index >= 15 is 0 Å². The van der Waals surface area contributed by atoms with Crippen molar-refractivity contribution in [3.05, 3.63) is 59.2 Å². The summed E-state index contributed by atoms with van der Waals surface area (Å²) in [6.07, 6.45) is 1.92. The van der Waals surface area contributed by atoms with Crippen molar-refractivity contribution in [2.75, 3.05) is 0 Å². The van der Waals surface area contributed by atoms with Crippen LogP contribution >= 0.6 is 11.6 Å². The summed E-state index contributed by atoms with van der Waals surface area (Å²) in [4.78, 5) is 3.17. The second-order valence-electron chi connectivity index (χ2n) is 4.29. The zero-order valence-corrected chi connectivity index (χ0v) is 10.8. The maximum atomic E-state index is 9.20. The second-order valence-corrected chi connectivity index (χ2v) is 4.72. The number of aromatic hydroxyl groups is 1. The molecule has 3 rings (SSSR count). The van der Waals surface area contributed by atoms with Crippen LogP contribution in [0, 0.1) is 0 Å². The first-order chi connectivity index (χ1) is 9.22. The van der Waals surface area contributed by atoms with Crippen LogP contribution in [0.15, 0.2) is 48.7 Å². The number of phenolic OH excluding ortho intramolecular Hbond substituents is 1. The van der Waals surface area contributed by atoms with Gasteiger partial charge in [0.2, 0.25) is 0 Å². The van der Waals surface area contributed by atoms with Gasteiger partial charge in [0.15, 0.2) is 0 Å². The minimum Gasteiger partial charge on any atom is -0.508 e. The topological polar surface area (TPSA) is 45.2 Å². The Bertz CT molecular complexity index is 704. The Labute approximate surface area is 115 Å². The van der Waals surface area contributed by atoms with E-state index in [1.807, 2.05) is 24.4 Å². The molecule has 1 heterocycles. The highest BCUT2D eigenvalue weighted by Gasteiger charge is 2.05. The number of fused-ring (bicyclic) bond motifs is 1. The molecule has 19 heavy (non-hydrogen) atoms. The number of benzene rings is 2. The first-order valence-corrected chi connectivity index (χ1v) is 6.27. The van der Waals surface area contributed by atoms with E-state index < -0.39 is 0 Å². The quantitative estimate of drug-likeness (QED) is 0.754. The Morgan fingerprint density at radius 3 is 2.68 bits per heavy atom. The fraction of sp³-hybridized carbons (Fsp3) is 0.0667. The van der Waals surface area contributed by atoms with Crippen LogP contribution < -0.4 is 4.74 Å². The van der Waals surface area contributed by atoms with Gasteiger partial charge in [0, 0.05) is 27.7 Å². The van der Waals surface area contributed by atoms with E-state index in [-0.39, 0.29) is 5.75 Å². The van der Waals surface area contributed by atoms with Gasteiger partial charge in [-0.3, -0.25) is 0 Å². The van der Waals surface area contributed by atoms with Gasteiger partial charge in [0.1, 0.15) is 18.1 Å². The number of rotatable bonds is 3. The predicted molar refractivity (Wildman–Crippen MR) is 75.7 cm³/mol. The number of halogens is 1. The molecular weight excluding hydrogens is 262 g/mol. The number of hydrogen-bond donors (Lipinski definition) is 2. The lowest BCUT2D eigenvalue weighted by Gasteiger charge is -2.05. The molecule has 0 saturated carbocycles. The summed E-state index contributed by atoms with van der Waals surface area (Å²) in [5, 5.41) is 11.0. The van der Waals surface area contributed by atoms with E-state index in [0.717, 1.165) is 22.2 Å². The van der Waals surface area contributed by atoms with E-state index in [4.69, 9.17) is 16.3 Å². The molecular formula is C15H12ClNO2. The highest BCUT2D eigenvalue weighted by atomic mass is 35.5. The maximum absolute atomic E-state index is 9.20. The molecule has 0 radical (unpaired) electrons. The molecule has 0 fully saturated rings. The van der Waals surface area contributed by atoms with Crippen molar-refractivity contribution < 1.29 is 9.84 Å². The molecule has 2 N–H and O–H groups in total. The van der Waals surface area contributed by atoms with Crippen molar-refractivity contribution in [2.45, 2.75) is 6.61 Å². The summed E-state index contributed by atoms with van der Waals surface area (Å²) in [7, 11) is 0. The second kappa shape index (κ2) is 4.86. The van der Waals surface area contributed by atoms with Gasteiger partial charge < -0.3 is 14.8 Å². The van der Waals surface area contributed by atoms with E-state index in [9.17, 15) is 5.11 Å². The van der Waals surface area contributed by atoms with Crippen molar-refractivity contribution in [3.63, 3.8) is 0 Å². The molecule has 0 aliphatic rings. The van der Waals surface area contributed by atoms with E-state index in [2.05, 4.69) is 4.98 Å². The number of aromatic amines is 1. The van der Waals surface area contributed by atoms with Crippen LogP contribution in [0.1, 0.15) is 5.56 Å². The van der Waals surface area contributed by atoms with Gasteiger partial charge >= 0.3 is 0 Å². The summed E-state index contributed by atoms with van der Waals surface area (Å²) in [5.41, 5.74) is 2.07. The normalized spacial score (nSPS) is 10.8. The smallest absolute Gasteiger partial charge is 0.120 e. The van der Waals surface area contributed by atoms with Gasteiger partial charge in [-0.15, -0.1) is 0 Å². The molecule has 3 aromatic rings. The highest BCUT2D eigenvalue weighted by Crippen LogP contribution is 2.24. The molecule has 0 aliphatic carbocycles. The van der Waals surface area contributed by atoms with Crippen molar-refractivity contribution in [2.24, 2.45) is 0 Å². The number of aromatic nitrogens is 1. The molecule has 96 valence electrons. The Morgan fingerprint density at radius 2 is 1.89 bits per heavy atom. The molecule has 2 aromatic carbocycles. The lowest BCUT2D eigenvalue weighted by atomic mass is 10.2. The van der Waals surface area contributed by atoms with Crippen LogP contribution in [0.4, 0.5) is 0 Å². The summed E-state index contributed by atoms with van der Waals surface area (Å²) < 4.78 is 5.68. The summed E-state index contributed by atoms with van der Waals surface area (Å²) in [6.45, 7) is 0.465. The standard InChI is InChI=1S/C15H12ClNO2/c16-11-1-6-14-10(8-17-15(14)7-11)9-19-13-4-2-12(18)3-5-13/h1-8,17-18H,9H2. The average Bonchev–Trinajstić information content (AvgIpc) is 2.80. The Morgan fingerprint density at radius 1 is 1.11 bits per heavy atom. The number of phenols is 1. The molecule has 0 unspecified atom stereocenters. The van der Waals surface area contributed by atoms with Crippen molar-refractivity contribution >= 4 is 22.5 Å². The lowest BCUT2D eigenvalue weighted by molar-refractivity contribution is 0.307. The lowest BCUT2D eigenvalue weighted by Crippen LogP contribution is -1.93. The molecule has 4 heteroatoms. The van der Waals surface area contributed by atoms with Gasteiger partial charge in [-0.1, -0.05) is 17.7 Å². The molecule has 0 bridgehead atoms. The minimum absolute atomic E-state index is 0.231. The Balaban J connectivity index is 1.80. The van der Waals surface area contributed by atoms with E-state index in [0.29, 0.717) is 11.6 Å². The molecule has 0 aliphatic heterocycles. The fourth-order valence-electron chi connectivity index (χ4n) is 1.98. The van der Waals surface area contributed by atoms with Crippen LogP contribution in [0.3, 0.4) is 0 Å². The van der Waals surface area contributed by atoms with Gasteiger partial charge in [0.25, 0.3) is 0 Å². The molecule has 1 aromatic heterocycles.